The first-order chi connectivity index (χ1) is 11.5. The second kappa shape index (κ2) is 7.14. The molecule has 0 radical (unpaired) electrons. The third-order valence-electron chi connectivity index (χ3n) is 4.40. The first-order valence-corrected chi connectivity index (χ1v) is 8.56. The fourth-order valence-corrected chi connectivity index (χ4v) is 3.20. The first kappa shape index (κ1) is 16.7. The molecule has 126 valence electrons. The zero-order chi connectivity index (χ0) is 17.1. The smallest absolute Gasteiger partial charge is 0.322 e. The van der Waals surface area contributed by atoms with E-state index in [9.17, 15) is 4.79 Å². The van der Waals surface area contributed by atoms with Crippen LogP contribution in [0.1, 0.15) is 12.5 Å². The maximum atomic E-state index is 12.5. The van der Waals surface area contributed by atoms with Gasteiger partial charge in [0, 0.05) is 31.4 Å². The van der Waals surface area contributed by atoms with Crippen molar-refractivity contribution in [3.63, 3.8) is 0 Å². The Hall–Kier alpha value is -2.20. The lowest BCUT2D eigenvalue weighted by atomic mass is 10.1. The predicted octanol–water partition coefficient (Wildman–Crippen LogP) is 4.39. The van der Waals surface area contributed by atoms with Crippen LogP contribution in [0.15, 0.2) is 48.5 Å². The molecular weight excluding hydrogens is 322 g/mol. The van der Waals surface area contributed by atoms with Gasteiger partial charge in [-0.2, -0.15) is 0 Å². The zero-order valence-electron chi connectivity index (χ0n) is 14.0. The van der Waals surface area contributed by atoms with Crippen LogP contribution in [0.4, 0.5) is 16.2 Å². The third kappa shape index (κ3) is 3.65. The quantitative estimate of drug-likeness (QED) is 0.877. The highest BCUT2D eigenvalue weighted by Gasteiger charge is 2.27. The molecule has 4 nitrogen and oxygen atoms in total. The van der Waals surface area contributed by atoms with Crippen LogP contribution in [0, 0.1) is 6.92 Å². The number of halogens is 1. The van der Waals surface area contributed by atoms with Crippen molar-refractivity contribution in [1.82, 2.24) is 4.90 Å². The number of hydrogen-bond donors (Lipinski definition) is 1. The number of anilines is 2. The number of nitrogens with one attached hydrogen (secondary N) is 1. The molecule has 1 atom stereocenters. The molecule has 0 bridgehead atoms. The van der Waals surface area contributed by atoms with Gasteiger partial charge in [0.25, 0.3) is 0 Å². The molecule has 1 aliphatic rings. The molecule has 1 fully saturated rings. The standard InChI is InChI=1S/C19H22ClN3O/c1-14-7-9-16(10-8-14)23-12-11-22(13-15(23)2)19(24)21-18-6-4-3-5-17(18)20/h3-10,15H,11-13H2,1-2H3,(H,21,24)/t15-/m0/s1. The van der Waals surface area contributed by atoms with Gasteiger partial charge in [-0.15, -0.1) is 0 Å². The molecule has 0 aromatic heterocycles. The Morgan fingerprint density at radius 1 is 1.12 bits per heavy atom. The Labute approximate surface area is 148 Å². The molecule has 1 heterocycles. The third-order valence-corrected chi connectivity index (χ3v) is 4.73. The fraction of sp³-hybridized carbons (Fsp3) is 0.316. The van der Waals surface area contributed by atoms with Gasteiger partial charge in [0.05, 0.1) is 10.7 Å². The number of rotatable bonds is 2. The van der Waals surface area contributed by atoms with Gasteiger partial charge in [0.1, 0.15) is 0 Å². The summed E-state index contributed by atoms with van der Waals surface area (Å²) < 4.78 is 0. The molecule has 2 amide bonds. The molecule has 5 heteroatoms. The van der Waals surface area contributed by atoms with E-state index in [0.717, 1.165) is 6.54 Å². The molecule has 0 aliphatic carbocycles. The van der Waals surface area contributed by atoms with E-state index in [2.05, 4.69) is 48.3 Å². The van der Waals surface area contributed by atoms with Crippen molar-refractivity contribution in [1.29, 1.82) is 0 Å². The lowest BCUT2D eigenvalue weighted by molar-refractivity contribution is 0.200. The summed E-state index contributed by atoms with van der Waals surface area (Å²) in [5.74, 6) is 0. The molecule has 0 spiro atoms. The SMILES string of the molecule is Cc1ccc(N2CCN(C(=O)Nc3ccccc3Cl)C[C@@H]2C)cc1. The number of carbonyl (C=O) groups is 1. The molecule has 2 aromatic carbocycles. The van der Waals surface area contributed by atoms with Crippen LogP contribution in [-0.4, -0.2) is 36.6 Å². The van der Waals surface area contributed by atoms with Gasteiger partial charge in [-0.25, -0.2) is 4.79 Å². The Morgan fingerprint density at radius 3 is 2.50 bits per heavy atom. The maximum Gasteiger partial charge on any atom is 0.322 e. The van der Waals surface area contributed by atoms with Gasteiger partial charge in [0.15, 0.2) is 0 Å². The van der Waals surface area contributed by atoms with Crippen LogP contribution in [-0.2, 0) is 0 Å². The van der Waals surface area contributed by atoms with Crippen LogP contribution < -0.4 is 10.2 Å². The van der Waals surface area contributed by atoms with Crippen LogP contribution in [0.5, 0.6) is 0 Å². The van der Waals surface area contributed by atoms with Crippen LogP contribution in [0.2, 0.25) is 5.02 Å². The minimum absolute atomic E-state index is 0.0986. The predicted molar refractivity (Wildman–Crippen MR) is 100 cm³/mol. The summed E-state index contributed by atoms with van der Waals surface area (Å²) in [6, 6.07) is 16.0. The zero-order valence-corrected chi connectivity index (χ0v) is 14.8. The van der Waals surface area contributed by atoms with E-state index in [1.54, 1.807) is 6.07 Å². The topological polar surface area (TPSA) is 35.6 Å². The molecule has 2 aromatic rings. The van der Waals surface area contributed by atoms with E-state index in [1.807, 2.05) is 23.1 Å². The van der Waals surface area contributed by atoms with Gasteiger partial charge in [-0.1, -0.05) is 41.4 Å². The number of benzene rings is 2. The molecule has 1 saturated heterocycles. The molecule has 3 rings (SSSR count). The van der Waals surface area contributed by atoms with E-state index in [0.29, 0.717) is 23.8 Å². The second-order valence-electron chi connectivity index (χ2n) is 6.23. The molecular formula is C19H22ClN3O. The largest absolute Gasteiger partial charge is 0.365 e. The summed E-state index contributed by atoms with van der Waals surface area (Å²) >= 11 is 6.11. The summed E-state index contributed by atoms with van der Waals surface area (Å²) in [4.78, 5) is 16.7. The summed E-state index contributed by atoms with van der Waals surface area (Å²) in [5.41, 5.74) is 3.11. The number of para-hydroxylation sites is 1. The maximum absolute atomic E-state index is 12.5. The Kier molecular flexibility index (Phi) is 4.95. The monoisotopic (exact) mass is 343 g/mol. The summed E-state index contributed by atoms with van der Waals surface area (Å²) in [7, 11) is 0. The number of aryl methyl sites for hydroxylation is 1. The van der Waals surface area contributed by atoms with E-state index in [4.69, 9.17) is 11.6 Å². The number of urea groups is 1. The molecule has 24 heavy (non-hydrogen) atoms. The highest BCUT2D eigenvalue weighted by Crippen LogP contribution is 2.23. The summed E-state index contributed by atoms with van der Waals surface area (Å²) in [5, 5.41) is 3.45. The average molecular weight is 344 g/mol. The summed E-state index contributed by atoms with van der Waals surface area (Å²) in [6.45, 7) is 6.43. The fourth-order valence-electron chi connectivity index (χ4n) is 3.02. The van der Waals surface area contributed by atoms with Gasteiger partial charge < -0.3 is 15.1 Å². The van der Waals surface area contributed by atoms with Crippen LogP contribution in [0.25, 0.3) is 0 Å². The average Bonchev–Trinajstić information content (AvgIpc) is 2.58. The van der Waals surface area contributed by atoms with Crippen molar-refractivity contribution in [2.75, 3.05) is 29.9 Å². The van der Waals surface area contributed by atoms with Crippen molar-refractivity contribution in [2.24, 2.45) is 0 Å². The van der Waals surface area contributed by atoms with Crippen LogP contribution >= 0.6 is 11.6 Å². The molecule has 0 saturated carbocycles. The van der Waals surface area contributed by atoms with E-state index < -0.39 is 0 Å². The van der Waals surface area contributed by atoms with Gasteiger partial charge in [0.2, 0.25) is 0 Å². The van der Waals surface area contributed by atoms with E-state index in [-0.39, 0.29) is 12.1 Å². The highest BCUT2D eigenvalue weighted by atomic mass is 35.5. The normalized spacial score (nSPS) is 17.7. The Bertz CT molecular complexity index is 717. The van der Waals surface area contributed by atoms with Crippen molar-refractivity contribution < 1.29 is 4.79 Å². The van der Waals surface area contributed by atoms with Crippen LogP contribution in [0.3, 0.4) is 0 Å². The number of hydrogen-bond acceptors (Lipinski definition) is 2. The lowest BCUT2D eigenvalue weighted by Gasteiger charge is -2.41. The van der Waals surface area contributed by atoms with Gasteiger partial charge >= 0.3 is 6.03 Å². The van der Waals surface area contributed by atoms with E-state index >= 15 is 0 Å². The highest BCUT2D eigenvalue weighted by molar-refractivity contribution is 6.33. The van der Waals surface area contributed by atoms with Crippen molar-refractivity contribution in [3.05, 3.63) is 59.1 Å². The first-order valence-electron chi connectivity index (χ1n) is 8.18. The van der Waals surface area contributed by atoms with E-state index in [1.165, 1.54) is 11.3 Å². The number of nitrogens with zero attached hydrogens (tertiary/aromatic N) is 2. The minimum Gasteiger partial charge on any atom is -0.365 e. The second-order valence-corrected chi connectivity index (χ2v) is 6.64. The summed E-state index contributed by atoms with van der Waals surface area (Å²) in [6.07, 6.45) is 0. The Balaban J connectivity index is 1.63. The van der Waals surface area contributed by atoms with Crippen molar-refractivity contribution in [2.45, 2.75) is 19.9 Å². The van der Waals surface area contributed by atoms with Gasteiger partial charge in [-0.3, -0.25) is 0 Å². The molecule has 1 N–H and O–H groups in total. The molecule has 0 unspecified atom stereocenters. The Morgan fingerprint density at radius 2 is 1.83 bits per heavy atom. The molecule has 1 aliphatic heterocycles. The number of carbonyl (C=O) groups excluding carboxylic acids is 1. The van der Waals surface area contributed by atoms with Gasteiger partial charge in [-0.05, 0) is 38.1 Å². The lowest BCUT2D eigenvalue weighted by Crippen LogP contribution is -2.54. The van der Waals surface area contributed by atoms with Crippen molar-refractivity contribution >= 4 is 29.0 Å². The minimum atomic E-state index is -0.0986. The number of piperazine rings is 1. The van der Waals surface area contributed by atoms with Crippen molar-refractivity contribution in [3.8, 4) is 0 Å². The number of amides is 2.